The molecule has 0 aromatic heterocycles. The van der Waals surface area contributed by atoms with Gasteiger partial charge in [0.2, 0.25) is 5.91 Å². The first-order valence-corrected chi connectivity index (χ1v) is 7.88. The summed E-state index contributed by atoms with van der Waals surface area (Å²) in [6, 6.07) is 12.6. The second kappa shape index (κ2) is 8.41. The summed E-state index contributed by atoms with van der Waals surface area (Å²) in [7, 11) is 3.19. The van der Waals surface area contributed by atoms with E-state index in [-0.39, 0.29) is 11.9 Å². The third-order valence-electron chi connectivity index (χ3n) is 3.58. The van der Waals surface area contributed by atoms with Gasteiger partial charge in [0.15, 0.2) is 0 Å². The van der Waals surface area contributed by atoms with E-state index in [4.69, 9.17) is 21.1 Å². The predicted octanol–water partition coefficient (Wildman–Crippen LogP) is 4.25. The zero-order chi connectivity index (χ0) is 17.5. The van der Waals surface area contributed by atoms with E-state index in [2.05, 4.69) is 5.32 Å². The van der Waals surface area contributed by atoms with Crippen molar-refractivity contribution in [3.8, 4) is 11.5 Å². The Kier molecular flexibility index (Phi) is 6.27. The molecule has 0 radical (unpaired) electrons. The van der Waals surface area contributed by atoms with Gasteiger partial charge in [-0.05, 0) is 42.8 Å². The van der Waals surface area contributed by atoms with Crippen LogP contribution in [0.2, 0.25) is 5.02 Å². The van der Waals surface area contributed by atoms with Gasteiger partial charge in [-0.3, -0.25) is 4.79 Å². The maximum atomic E-state index is 12.2. The fourth-order valence-corrected chi connectivity index (χ4v) is 2.49. The van der Waals surface area contributed by atoms with Crippen LogP contribution in [0, 0.1) is 0 Å². The van der Waals surface area contributed by atoms with E-state index in [1.54, 1.807) is 26.4 Å². The number of hydrogen-bond donors (Lipinski definition) is 1. The second-order valence-corrected chi connectivity index (χ2v) is 5.60. The van der Waals surface area contributed by atoms with E-state index >= 15 is 0 Å². The molecule has 1 atom stereocenters. The van der Waals surface area contributed by atoms with Gasteiger partial charge < -0.3 is 14.8 Å². The average molecular weight is 346 g/mol. The highest BCUT2D eigenvalue weighted by Gasteiger charge is 2.14. The first-order chi connectivity index (χ1) is 11.5. The molecule has 0 bridgehead atoms. The lowest BCUT2D eigenvalue weighted by molar-refractivity contribution is -0.117. The first kappa shape index (κ1) is 17.9. The third kappa shape index (κ3) is 4.52. The molecule has 0 saturated carbocycles. The molecule has 2 aromatic carbocycles. The fourth-order valence-electron chi connectivity index (χ4n) is 2.29. The molecule has 1 N–H and O–H groups in total. The Hall–Kier alpha value is -2.46. The summed E-state index contributed by atoms with van der Waals surface area (Å²) in [5.41, 5.74) is 1.64. The van der Waals surface area contributed by atoms with E-state index in [0.717, 1.165) is 11.1 Å². The number of carbonyl (C=O) groups excluding carboxylic acids is 1. The first-order valence-electron chi connectivity index (χ1n) is 7.50. The monoisotopic (exact) mass is 345 g/mol. The van der Waals surface area contributed by atoms with Crippen LogP contribution in [-0.4, -0.2) is 20.1 Å². The molecule has 0 fully saturated rings. The van der Waals surface area contributed by atoms with E-state index in [9.17, 15) is 4.79 Å². The average Bonchev–Trinajstić information content (AvgIpc) is 2.60. The van der Waals surface area contributed by atoms with Crippen molar-refractivity contribution in [2.45, 2.75) is 13.0 Å². The van der Waals surface area contributed by atoms with Gasteiger partial charge in [0.05, 0.1) is 20.3 Å². The Balaban J connectivity index is 2.10. The van der Waals surface area contributed by atoms with Crippen molar-refractivity contribution in [2.75, 3.05) is 14.2 Å². The maximum Gasteiger partial charge on any atom is 0.244 e. The van der Waals surface area contributed by atoms with Gasteiger partial charge in [-0.25, -0.2) is 0 Å². The van der Waals surface area contributed by atoms with Crippen LogP contribution in [0.1, 0.15) is 24.1 Å². The smallest absolute Gasteiger partial charge is 0.244 e. The van der Waals surface area contributed by atoms with Gasteiger partial charge in [-0.2, -0.15) is 0 Å². The van der Waals surface area contributed by atoms with Crippen molar-refractivity contribution in [1.29, 1.82) is 0 Å². The van der Waals surface area contributed by atoms with Crippen molar-refractivity contribution in [3.63, 3.8) is 0 Å². The van der Waals surface area contributed by atoms with Gasteiger partial charge in [-0.1, -0.05) is 29.8 Å². The van der Waals surface area contributed by atoms with Crippen LogP contribution in [-0.2, 0) is 4.79 Å². The number of hydrogen-bond acceptors (Lipinski definition) is 3. The summed E-state index contributed by atoms with van der Waals surface area (Å²) in [6.45, 7) is 1.89. The summed E-state index contributed by atoms with van der Waals surface area (Å²) in [6.07, 6.45) is 3.15. The summed E-state index contributed by atoms with van der Waals surface area (Å²) in [5, 5.41) is 3.51. The van der Waals surface area contributed by atoms with Crippen LogP contribution in [0.3, 0.4) is 0 Å². The molecule has 24 heavy (non-hydrogen) atoms. The number of carbonyl (C=O) groups is 1. The Bertz CT molecular complexity index is 743. The van der Waals surface area contributed by atoms with E-state index in [1.807, 2.05) is 43.3 Å². The van der Waals surface area contributed by atoms with E-state index < -0.39 is 0 Å². The molecular formula is C19H20ClNO3. The molecule has 4 nitrogen and oxygen atoms in total. The molecule has 0 saturated heterocycles. The number of ether oxygens (including phenoxy) is 2. The molecule has 126 valence electrons. The predicted molar refractivity (Wildman–Crippen MR) is 96.6 cm³/mol. The topological polar surface area (TPSA) is 47.6 Å². The SMILES string of the molecule is COc1ccc(OC)c([C@@H](C)NC(=O)/C=C/c2ccccc2Cl)c1. The summed E-state index contributed by atoms with van der Waals surface area (Å²) in [4.78, 5) is 12.2. The van der Waals surface area contributed by atoms with Crippen LogP contribution in [0.4, 0.5) is 0 Å². The van der Waals surface area contributed by atoms with Gasteiger partial charge in [-0.15, -0.1) is 0 Å². The molecule has 0 heterocycles. The zero-order valence-corrected chi connectivity index (χ0v) is 14.6. The van der Waals surface area contributed by atoms with Gasteiger partial charge in [0, 0.05) is 16.7 Å². The van der Waals surface area contributed by atoms with Gasteiger partial charge >= 0.3 is 0 Å². The lowest BCUT2D eigenvalue weighted by atomic mass is 10.1. The minimum absolute atomic E-state index is 0.215. The Labute approximate surface area is 147 Å². The van der Waals surface area contributed by atoms with Crippen LogP contribution < -0.4 is 14.8 Å². The second-order valence-electron chi connectivity index (χ2n) is 5.19. The largest absolute Gasteiger partial charge is 0.497 e. The summed E-state index contributed by atoms with van der Waals surface area (Å²) >= 11 is 6.07. The van der Waals surface area contributed by atoms with Crippen molar-refractivity contribution in [1.82, 2.24) is 5.32 Å². The highest BCUT2D eigenvalue weighted by Crippen LogP contribution is 2.29. The molecule has 2 aromatic rings. The van der Waals surface area contributed by atoms with Crippen LogP contribution in [0.5, 0.6) is 11.5 Å². The highest BCUT2D eigenvalue weighted by molar-refractivity contribution is 6.32. The Morgan fingerprint density at radius 1 is 1.17 bits per heavy atom. The highest BCUT2D eigenvalue weighted by atomic mass is 35.5. The number of amides is 1. The van der Waals surface area contributed by atoms with Crippen molar-refractivity contribution < 1.29 is 14.3 Å². The number of rotatable bonds is 6. The zero-order valence-electron chi connectivity index (χ0n) is 13.9. The Morgan fingerprint density at radius 2 is 1.92 bits per heavy atom. The summed E-state index contributed by atoms with van der Waals surface area (Å²) in [5.74, 6) is 1.18. The lowest BCUT2D eigenvalue weighted by Gasteiger charge is -2.17. The molecule has 0 unspecified atom stereocenters. The van der Waals surface area contributed by atoms with E-state index in [1.165, 1.54) is 6.08 Å². The van der Waals surface area contributed by atoms with Crippen molar-refractivity contribution >= 4 is 23.6 Å². The molecule has 5 heteroatoms. The third-order valence-corrected chi connectivity index (χ3v) is 3.93. The number of methoxy groups -OCH3 is 2. The molecule has 0 spiro atoms. The van der Waals surface area contributed by atoms with Crippen molar-refractivity contribution in [3.05, 3.63) is 64.7 Å². The standard InChI is InChI=1S/C19H20ClNO3/c1-13(16-12-15(23-2)9-10-18(16)24-3)21-19(22)11-8-14-6-4-5-7-17(14)20/h4-13H,1-3H3,(H,21,22)/b11-8+/t13-/m1/s1. The normalized spacial score (nSPS) is 12.0. The quantitative estimate of drug-likeness (QED) is 0.796. The van der Waals surface area contributed by atoms with Gasteiger partial charge in [0.25, 0.3) is 0 Å². The number of benzene rings is 2. The van der Waals surface area contributed by atoms with Crippen LogP contribution >= 0.6 is 11.6 Å². The van der Waals surface area contributed by atoms with E-state index in [0.29, 0.717) is 16.5 Å². The lowest BCUT2D eigenvalue weighted by Crippen LogP contribution is -2.25. The van der Waals surface area contributed by atoms with Crippen molar-refractivity contribution in [2.24, 2.45) is 0 Å². The molecule has 2 rings (SSSR count). The number of halogens is 1. The fraction of sp³-hybridized carbons (Fsp3) is 0.211. The van der Waals surface area contributed by atoms with Gasteiger partial charge in [0.1, 0.15) is 11.5 Å². The molecule has 0 aliphatic carbocycles. The molecule has 0 aliphatic heterocycles. The summed E-state index contributed by atoms with van der Waals surface area (Å²) < 4.78 is 10.6. The van der Waals surface area contributed by atoms with Crippen LogP contribution in [0.15, 0.2) is 48.5 Å². The maximum absolute atomic E-state index is 12.2. The minimum Gasteiger partial charge on any atom is -0.497 e. The molecular weight excluding hydrogens is 326 g/mol. The van der Waals surface area contributed by atoms with Crippen LogP contribution in [0.25, 0.3) is 6.08 Å². The molecule has 1 amide bonds. The minimum atomic E-state index is -0.238. The Morgan fingerprint density at radius 3 is 2.58 bits per heavy atom. The number of nitrogens with one attached hydrogen (secondary N) is 1. The molecule has 0 aliphatic rings.